The molecule has 0 bridgehead atoms. The van der Waals surface area contributed by atoms with Gasteiger partial charge in [0.2, 0.25) is 0 Å². The molecule has 3 aromatic carbocycles. The number of para-hydroxylation sites is 1. The predicted molar refractivity (Wildman–Crippen MR) is 114 cm³/mol. The lowest BCUT2D eigenvalue weighted by molar-refractivity contribution is -0.384. The molecule has 0 saturated carbocycles. The van der Waals surface area contributed by atoms with Crippen LogP contribution in [0.2, 0.25) is 0 Å². The molecule has 0 radical (unpaired) electrons. The van der Waals surface area contributed by atoms with Gasteiger partial charge in [-0.3, -0.25) is 10.1 Å². The van der Waals surface area contributed by atoms with Crippen molar-refractivity contribution in [3.63, 3.8) is 0 Å². The number of carbonyl (C=O) groups is 1. The van der Waals surface area contributed by atoms with Crippen molar-refractivity contribution in [2.24, 2.45) is 0 Å². The van der Waals surface area contributed by atoms with E-state index in [1.165, 1.54) is 36.4 Å². The Bertz CT molecular complexity index is 1360. The molecule has 0 aliphatic rings. The average molecular weight is 454 g/mol. The zero-order chi connectivity index (χ0) is 22.8. The van der Waals surface area contributed by atoms with E-state index in [9.17, 15) is 23.7 Å². The first-order chi connectivity index (χ1) is 15.3. The Morgan fingerprint density at radius 1 is 1.03 bits per heavy atom. The zero-order valence-electron chi connectivity index (χ0n) is 16.0. The number of thiazole rings is 1. The highest BCUT2D eigenvalue weighted by atomic mass is 32.1. The number of benzene rings is 3. The lowest BCUT2D eigenvalue weighted by atomic mass is 10.0. The molecular formula is C22H12F2N2O5S. The molecule has 4 aromatic rings. The highest BCUT2D eigenvalue weighted by Gasteiger charge is 2.21. The van der Waals surface area contributed by atoms with Crippen LogP contribution < -0.4 is 4.74 Å². The number of nitrogens with zero attached hydrogens (tertiary/aromatic N) is 2. The van der Waals surface area contributed by atoms with Gasteiger partial charge in [-0.15, -0.1) is 11.3 Å². The lowest BCUT2D eigenvalue weighted by Gasteiger charge is -2.10. The van der Waals surface area contributed by atoms with Gasteiger partial charge < -0.3 is 9.84 Å². The summed E-state index contributed by atoms with van der Waals surface area (Å²) in [6, 6.07) is 13.5. The Hall–Kier alpha value is -4.18. The minimum absolute atomic E-state index is 0.117. The van der Waals surface area contributed by atoms with Gasteiger partial charge in [-0.05, 0) is 30.3 Å². The van der Waals surface area contributed by atoms with E-state index in [2.05, 4.69) is 4.98 Å². The molecule has 1 heterocycles. The van der Waals surface area contributed by atoms with Gasteiger partial charge in [-0.25, -0.2) is 18.6 Å². The van der Waals surface area contributed by atoms with Crippen molar-refractivity contribution < 1.29 is 28.3 Å². The van der Waals surface area contributed by atoms with Gasteiger partial charge in [0.25, 0.3) is 5.69 Å². The van der Waals surface area contributed by atoms with Crippen LogP contribution in [-0.4, -0.2) is 21.2 Å². The van der Waals surface area contributed by atoms with E-state index in [1.807, 2.05) is 0 Å². The Morgan fingerprint density at radius 3 is 2.50 bits per heavy atom. The summed E-state index contributed by atoms with van der Waals surface area (Å²) >= 11 is 1.16. The molecule has 7 nitrogen and oxygen atoms in total. The first-order valence-corrected chi connectivity index (χ1v) is 9.91. The van der Waals surface area contributed by atoms with Crippen molar-refractivity contribution in [2.45, 2.75) is 0 Å². The number of hydrogen-bond donors (Lipinski definition) is 1. The van der Waals surface area contributed by atoms with Crippen LogP contribution in [0.3, 0.4) is 0 Å². The van der Waals surface area contributed by atoms with E-state index in [-0.39, 0.29) is 33.8 Å². The van der Waals surface area contributed by atoms with Crippen LogP contribution in [0, 0.1) is 21.7 Å². The first kappa shape index (κ1) is 21.1. The number of nitro groups is 1. The smallest absolute Gasteiger partial charge is 0.449 e. The van der Waals surface area contributed by atoms with Crippen LogP contribution in [0.15, 0.2) is 66.0 Å². The Labute approximate surface area is 183 Å². The fraction of sp³-hybridized carbons (Fsp3) is 0. The molecule has 160 valence electrons. The topological polar surface area (TPSA) is 103 Å². The number of nitro benzene ring substituents is 1. The normalized spacial score (nSPS) is 10.7. The number of hydrogen-bond acceptors (Lipinski definition) is 6. The number of ether oxygens (including phenoxy) is 1. The Balaban J connectivity index is 1.78. The summed E-state index contributed by atoms with van der Waals surface area (Å²) in [6.45, 7) is 0. The van der Waals surface area contributed by atoms with Gasteiger partial charge in [-0.1, -0.05) is 18.2 Å². The van der Waals surface area contributed by atoms with Crippen LogP contribution in [0.5, 0.6) is 5.75 Å². The van der Waals surface area contributed by atoms with Crippen molar-refractivity contribution in [1.82, 2.24) is 4.98 Å². The first-order valence-electron chi connectivity index (χ1n) is 9.03. The summed E-state index contributed by atoms with van der Waals surface area (Å²) in [4.78, 5) is 26.4. The van der Waals surface area contributed by atoms with Gasteiger partial charge in [0.15, 0.2) is 0 Å². The van der Waals surface area contributed by atoms with Crippen LogP contribution in [-0.2, 0) is 0 Å². The number of rotatable bonds is 5. The molecule has 1 N–H and O–H groups in total. The second-order valence-electron chi connectivity index (χ2n) is 6.52. The molecule has 0 atom stereocenters. The van der Waals surface area contributed by atoms with Crippen LogP contribution in [0.1, 0.15) is 0 Å². The average Bonchev–Trinajstić information content (AvgIpc) is 3.23. The summed E-state index contributed by atoms with van der Waals surface area (Å²) in [5.41, 5.74) is 1.05. The zero-order valence-corrected chi connectivity index (χ0v) is 16.8. The van der Waals surface area contributed by atoms with Crippen LogP contribution >= 0.6 is 11.3 Å². The molecule has 0 aliphatic carbocycles. The molecule has 0 amide bonds. The second-order valence-corrected chi connectivity index (χ2v) is 7.37. The van der Waals surface area contributed by atoms with E-state index in [0.717, 1.165) is 23.5 Å². The molecule has 1 aromatic heterocycles. The number of halogens is 2. The minimum atomic E-state index is -1.59. The van der Waals surface area contributed by atoms with Gasteiger partial charge in [0.05, 0.1) is 16.2 Å². The molecule has 0 saturated heterocycles. The molecule has 32 heavy (non-hydrogen) atoms. The van der Waals surface area contributed by atoms with Gasteiger partial charge in [0.1, 0.15) is 22.4 Å². The maximum atomic E-state index is 14.1. The fourth-order valence-corrected chi connectivity index (χ4v) is 3.96. The third-order valence-corrected chi connectivity index (χ3v) is 5.42. The van der Waals surface area contributed by atoms with Crippen molar-refractivity contribution in [3.05, 3.63) is 87.8 Å². The molecule has 10 heteroatoms. The molecule has 0 unspecified atom stereocenters. The summed E-state index contributed by atoms with van der Waals surface area (Å²) in [7, 11) is 0. The molecule has 0 spiro atoms. The fourth-order valence-electron chi connectivity index (χ4n) is 3.14. The highest BCUT2D eigenvalue weighted by molar-refractivity contribution is 7.13. The SMILES string of the molecule is O=C(O)Oc1cc(-c2nc(-c3ccc(F)cc3F)cs2)ccc1-c1ccccc1[N+](=O)[O-]. The monoisotopic (exact) mass is 454 g/mol. The summed E-state index contributed by atoms with van der Waals surface area (Å²) in [5.74, 6) is -1.58. The molecule has 4 rings (SSSR count). The van der Waals surface area contributed by atoms with E-state index >= 15 is 0 Å². The van der Waals surface area contributed by atoms with Gasteiger partial charge >= 0.3 is 6.16 Å². The largest absolute Gasteiger partial charge is 0.511 e. The van der Waals surface area contributed by atoms with E-state index < -0.39 is 22.7 Å². The lowest BCUT2D eigenvalue weighted by Crippen LogP contribution is -2.05. The van der Waals surface area contributed by atoms with Crippen molar-refractivity contribution >= 4 is 23.2 Å². The van der Waals surface area contributed by atoms with Crippen molar-refractivity contribution in [2.75, 3.05) is 0 Å². The number of carboxylic acid groups (broad SMARTS) is 1. The maximum absolute atomic E-state index is 14.1. The van der Waals surface area contributed by atoms with Crippen LogP contribution in [0.4, 0.5) is 19.3 Å². The quantitative estimate of drug-likeness (QED) is 0.162. The van der Waals surface area contributed by atoms with E-state index in [0.29, 0.717) is 10.6 Å². The van der Waals surface area contributed by atoms with E-state index in [4.69, 9.17) is 9.84 Å². The predicted octanol–water partition coefficient (Wildman–Crippen LogP) is 6.39. The standard InChI is InChI=1S/C22H12F2N2O5S/c23-13-6-8-16(17(24)10-13)18-11-32-21(25-18)12-5-7-15(20(9-12)31-22(27)28)14-3-1-2-4-19(14)26(29)30/h1-11H,(H,27,28). The Kier molecular flexibility index (Phi) is 5.61. The Morgan fingerprint density at radius 2 is 1.78 bits per heavy atom. The molecular weight excluding hydrogens is 442 g/mol. The number of aromatic nitrogens is 1. The maximum Gasteiger partial charge on any atom is 0.511 e. The third kappa shape index (κ3) is 4.16. The van der Waals surface area contributed by atoms with Crippen molar-refractivity contribution in [1.29, 1.82) is 0 Å². The van der Waals surface area contributed by atoms with Crippen LogP contribution in [0.25, 0.3) is 33.0 Å². The summed E-state index contributed by atoms with van der Waals surface area (Å²) in [5, 5.41) is 22.5. The molecule has 0 aliphatic heterocycles. The minimum Gasteiger partial charge on any atom is -0.449 e. The highest BCUT2D eigenvalue weighted by Crippen LogP contribution is 2.40. The second kappa shape index (κ2) is 8.52. The molecule has 0 fully saturated rings. The van der Waals surface area contributed by atoms with Gasteiger partial charge in [-0.2, -0.15) is 0 Å². The summed E-state index contributed by atoms with van der Waals surface area (Å²) < 4.78 is 32.1. The van der Waals surface area contributed by atoms with E-state index in [1.54, 1.807) is 17.5 Å². The van der Waals surface area contributed by atoms with Gasteiger partial charge in [0, 0.05) is 34.2 Å². The summed E-state index contributed by atoms with van der Waals surface area (Å²) in [6.07, 6.45) is -1.59. The third-order valence-electron chi connectivity index (χ3n) is 4.53. The van der Waals surface area contributed by atoms with Crippen molar-refractivity contribution in [3.8, 4) is 38.7 Å².